The Balaban J connectivity index is 2.14. The van der Waals surface area contributed by atoms with Crippen molar-refractivity contribution in [2.24, 2.45) is 0 Å². The zero-order chi connectivity index (χ0) is 11.8. The van der Waals surface area contributed by atoms with Gasteiger partial charge in [-0.1, -0.05) is 36.4 Å². The molecule has 1 rings (SSSR count). The van der Waals surface area contributed by atoms with Crippen LogP contribution in [-0.2, 0) is 16.0 Å². The first-order valence-corrected chi connectivity index (χ1v) is 5.57. The minimum Gasteiger partial charge on any atom is -0.463 e. The van der Waals surface area contributed by atoms with E-state index in [0.29, 0.717) is 6.61 Å². The highest BCUT2D eigenvalue weighted by Crippen LogP contribution is 2.07. The smallest absolute Gasteiger partial charge is 0.330 e. The molecule has 0 aliphatic heterocycles. The molecule has 1 aromatic rings. The average molecular weight is 218 g/mol. The van der Waals surface area contributed by atoms with Gasteiger partial charge in [-0.2, -0.15) is 0 Å². The molecule has 0 heterocycles. The van der Waals surface area contributed by atoms with Crippen molar-refractivity contribution in [1.29, 1.82) is 0 Å². The van der Waals surface area contributed by atoms with Crippen molar-refractivity contribution in [3.05, 3.63) is 48.0 Å². The van der Waals surface area contributed by atoms with E-state index in [-0.39, 0.29) is 5.97 Å². The Kier molecular flexibility index (Phi) is 5.34. The van der Waals surface area contributed by atoms with Crippen molar-refractivity contribution in [3.8, 4) is 0 Å². The maximum Gasteiger partial charge on any atom is 0.330 e. The van der Waals surface area contributed by atoms with Gasteiger partial charge >= 0.3 is 5.97 Å². The molecule has 1 aromatic carbocycles. The minimum absolute atomic E-state index is 0.338. The van der Waals surface area contributed by atoms with Gasteiger partial charge in [0.1, 0.15) is 0 Å². The number of esters is 1. The van der Waals surface area contributed by atoms with E-state index in [1.54, 1.807) is 0 Å². The lowest BCUT2D eigenvalue weighted by molar-refractivity contribution is -0.137. The predicted molar refractivity (Wildman–Crippen MR) is 65.3 cm³/mol. The predicted octanol–water partition coefficient (Wildman–Crippen LogP) is 3.05. The quantitative estimate of drug-likeness (QED) is 0.417. The Bertz CT molecular complexity index is 338. The lowest BCUT2D eigenvalue weighted by Gasteiger charge is -2.03. The second-order valence-corrected chi connectivity index (χ2v) is 3.81. The van der Waals surface area contributed by atoms with E-state index >= 15 is 0 Å². The zero-order valence-corrected chi connectivity index (χ0v) is 9.74. The summed E-state index contributed by atoms with van der Waals surface area (Å²) in [6.45, 7) is 5.91. The van der Waals surface area contributed by atoms with Gasteiger partial charge in [-0.25, -0.2) is 4.79 Å². The lowest BCUT2D eigenvalue weighted by atomic mass is 10.1. The van der Waals surface area contributed by atoms with Gasteiger partial charge in [0.05, 0.1) is 6.61 Å². The number of carbonyl (C=O) groups is 1. The highest BCUT2D eigenvalue weighted by atomic mass is 16.5. The van der Waals surface area contributed by atoms with Crippen molar-refractivity contribution in [1.82, 2.24) is 0 Å². The Hall–Kier alpha value is -1.57. The molecule has 0 radical (unpaired) electrons. The number of benzene rings is 1. The molecule has 2 heteroatoms. The first-order valence-electron chi connectivity index (χ1n) is 5.57. The van der Waals surface area contributed by atoms with Crippen molar-refractivity contribution in [2.45, 2.75) is 26.2 Å². The second kappa shape index (κ2) is 6.83. The fourth-order valence-electron chi connectivity index (χ4n) is 1.42. The number of unbranched alkanes of at least 4 members (excludes halogenated alkanes) is 1. The molecule has 0 aliphatic rings. The third-order valence-corrected chi connectivity index (χ3v) is 2.39. The summed E-state index contributed by atoms with van der Waals surface area (Å²) in [5.41, 5.74) is 2.62. The number of carbonyl (C=O) groups excluding carboxylic acids is 1. The highest BCUT2D eigenvalue weighted by Gasteiger charge is 1.96. The number of rotatable bonds is 6. The van der Waals surface area contributed by atoms with Crippen LogP contribution in [0.4, 0.5) is 0 Å². The molecule has 2 nitrogen and oxygen atoms in total. The number of aryl methyl sites for hydroxylation is 2. The number of ether oxygens (including phenoxy) is 1. The first kappa shape index (κ1) is 12.5. The van der Waals surface area contributed by atoms with Crippen LogP contribution in [0, 0.1) is 6.92 Å². The summed E-state index contributed by atoms with van der Waals surface area (Å²) in [6, 6.07) is 8.52. The molecule has 16 heavy (non-hydrogen) atoms. The SMILES string of the molecule is C=CC(=O)OCCCCc1ccc(C)cc1. The second-order valence-electron chi connectivity index (χ2n) is 3.81. The number of hydrogen-bond donors (Lipinski definition) is 0. The lowest BCUT2D eigenvalue weighted by Crippen LogP contribution is -2.02. The summed E-state index contributed by atoms with van der Waals surface area (Å²) in [6.07, 6.45) is 4.16. The first-order chi connectivity index (χ1) is 7.72. The van der Waals surface area contributed by atoms with Crippen LogP contribution in [0.3, 0.4) is 0 Å². The van der Waals surface area contributed by atoms with Crippen LogP contribution < -0.4 is 0 Å². The third kappa shape index (κ3) is 4.78. The Morgan fingerprint density at radius 2 is 2.00 bits per heavy atom. The standard InChI is InChI=1S/C14H18O2/c1-3-14(15)16-11-5-4-6-13-9-7-12(2)8-10-13/h3,7-10H,1,4-6,11H2,2H3. The molecule has 0 saturated carbocycles. The van der Waals surface area contributed by atoms with E-state index in [9.17, 15) is 4.79 Å². The molecular weight excluding hydrogens is 200 g/mol. The van der Waals surface area contributed by atoms with Gasteiger partial charge in [0.2, 0.25) is 0 Å². The Morgan fingerprint density at radius 3 is 2.62 bits per heavy atom. The molecule has 0 unspecified atom stereocenters. The summed E-state index contributed by atoms with van der Waals surface area (Å²) in [5, 5.41) is 0. The molecule has 0 aromatic heterocycles. The molecule has 86 valence electrons. The minimum atomic E-state index is -0.338. The average Bonchev–Trinajstić information content (AvgIpc) is 2.31. The molecule has 0 spiro atoms. The Morgan fingerprint density at radius 1 is 1.31 bits per heavy atom. The fourth-order valence-corrected chi connectivity index (χ4v) is 1.42. The molecule has 0 aliphatic carbocycles. The van der Waals surface area contributed by atoms with E-state index in [0.717, 1.165) is 19.3 Å². The van der Waals surface area contributed by atoms with E-state index < -0.39 is 0 Å². The molecule has 0 bridgehead atoms. The van der Waals surface area contributed by atoms with Crippen LogP contribution >= 0.6 is 0 Å². The summed E-state index contributed by atoms with van der Waals surface area (Å²) in [7, 11) is 0. The van der Waals surface area contributed by atoms with E-state index in [4.69, 9.17) is 4.74 Å². The molecule has 0 fully saturated rings. The van der Waals surface area contributed by atoms with Crippen molar-refractivity contribution < 1.29 is 9.53 Å². The maximum absolute atomic E-state index is 10.7. The Labute approximate surface area is 96.9 Å². The van der Waals surface area contributed by atoms with Gasteiger partial charge in [0.15, 0.2) is 0 Å². The molecule has 0 saturated heterocycles. The molecule has 0 atom stereocenters. The molecular formula is C14H18O2. The van der Waals surface area contributed by atoms with E-state index in [2.05, 4.69) is 37.8 Å². The van der Waals surface area contributed by atoms with Crippen LogP contribution in [-0.4, -0.2) is 12.6 Å². The van der Waals surface area contributed by atoms with Gasteiger partial charge in [-0.05, 0) is 31.7 Å². The van der Waals surface area contributed by atoms with Crippen LogP contribution in [0.25, 0.3) is 0 Å². The summed E-state index contributed by atoms with van der Waals surface area (Å²) < 4.78 is 4.89. The van der Waals surface area contributed by atoms with E-state index in [1.165, 1.54) is 17.2 Å². The van der Waals surface area contributed by atoms with Gasteiger partial charge in [0.25, 0.3) is 0 Å². The third-order valence-electron chi connectivity index (χ3n) is 2.39. The monoisotopic (exact) mass is 218 g/mol. The largest absolute Gasteiger partial charge is 0.463 e. The zero-order valence-electron chi connectivity index (χ0n) is 9.74. The summed E-state index contributed by atoms with van der Waals surface area (Å²) >= 11 is 0. The van der Waals surface area contributed by atoms with Gasteiger partial charge in [-0.15, -0.1) is 0 Å². The van der Waals surface area contributed by atoms with Crippen LogP contribution in [0.2, 0.25) is 0 Å². The highest BCUT2D eigenvalue weighted by molar-refractivity contribution is 5.81. The molecule has 0 amide bonds. The topological polar surface area (TPSA) is 26.3 Å². The normalized spacial score (nSPS) is 9.81. The number of hydrogen-bond acceptors (Lipinski definition) is 2. The van der Waals surface area contributed by atoms with Gasteiger partial charge in [0, 0.05) is 6.08 Å². The van der Waals surface area contributed by atoms with E-state index in [1.807, 2.05) is 0 Å². The van der Waals surface area contributed by atoms with Crippen molar-refractivity contribution in [3.63, 3.8) is 0 Å². The van der Waals surface area contributed by atoms with Crippen molar-refractivity contribution >= 4 is 5.97 Å². The molecule has 0 N–H and O–H groups in total. The maximum atomic E-state index is 10.7. The van der Waals surface area contributed by atoms with Crippen LogP contribution in [0.5, 0.6) is 0 Å². The van der Waals surface area contributed by atoms with Crippen LogP contribution in [0.1, 0.15) is 24.0 Å². The van der Waals surface area contributed by atoms with Crippen molar-refractivity contribution in [2.75, 3.05) is 6.61 Å². The summed E-state index contributed by atoms with van der Waals surface area (Å²) in [4.78, 5) is 10.7. The summed E-state index contributed by atoms with van der Waals surface area (Å²) in [5.74, 6) is -0.338. The van der Waals surface area contributed by atoms with Gasteiger partial charge < -0.3 is 4.74 Å². The fraction of sp³-hybridized carbons (Fsp3) is 0.357. The van der Waals surface area contributed by atoms with Gasteiger partial charge in [-0.3, -0.25) is 0 Å². The van der Waals surface area contributed by atoms with Crippen LogP contribution in [0.15, 0.2) is 36.9 Å².